The minimum atomic E-state index is -1.17. The van der Waals surface area contributed by atoms with Gasteiger partial charge in [0.15, 0.2) is 23.0 Å². The van der Waals surface area contributed by atoms with Gasteiger partial charge in [0.2, 0.25) is 0 Å². The second-order valence-corrected chi connectivity index (χ2v) is 4.15. The van der Waals surface area contributed by atoms with Crippen LogP contribution < -0.4 is 9.47 Å². The Balaban J connectivity index is 2.64. The van der Waals surface area contributed by atoms with Crippen LogP contribution in [0.3, 0.4) is 0 Å². The molecule has 0 saturated carbocycles. The summed E-state index contributed by atoms with van der Waals surface area (Å²) in [4.78, 5) is 10.9. The molecule has 1 aromatic heterocycles. The minimum absolute atomic E-state index is 0.182. The monoisotopic (exact) mass is 293 g/mol. The predicted octanol–water partition coefficient (Wildman–Crippen LogP) is 2.20. The van der Waals surface area contributed by atoms with E-state index in [1.54, 1.807) is 19.2 Å². The third-order valence-corrected chi connectivity index (χ3v) is 2.91. The molecule has 112 valence electrons. The first-order valence-corrected chi connectivity index (χ1v) is 6.05. The van der Waals surface area contributed by atoms with E-state index in [1.807, 2.05) is 0 Å². The summed E-state index contributed by atoms with van der Waals surface area (Å²) in [5.41, 5.74) is 1.14. The number of rotatable bonds is 6. The van der Waals surface area contributed by atoms with Crippen LogP contribution in [0.25, 0.3) is 11.3 Å². The molecular weight excluding hydrogens is 278 g/mol. The number of hydrogen-bond acceptors (Lipinski definition) is 6. The molecule has 0 aliphatic carbocycles. The maximum atomic E-state index is 10.9. The van der Waals surface area contributed by atoms with Crippen LogP contribution in [-0.4, -0.2) is 37.6 Å². The number of carbonyl (C=O) groups is 1. The molecule has 0 radical (unpaired) electrons. The fourth-order valence-electron chi connectivity index (χ4n) is 2.01. The Morgan fingerprint density at radius 3 is 2.57 bits per heavy atom. The van der Waals surface area contributed by atoms with Crippen LogP contribution in [0.5, 0.6) is 11.5 Å². The van der Waals surface area contributed by atoms with Crippen molar-refractivity contribution in [3.63, 3.8) is 0 Å². The summed E-state index contributed by atoms with van der Waals surface area (Å²) in [6.07, 6.45) is 0. The van der Waals surface area contributed by atoms with Crippen LogP contribution in [0.15, 0.2) is 22.7 Å². The van der Waals surface area contributed by atoms with Crippen molar-refractivity contribution in [2.24, 2.45) is 0 Å². The lowest BCUT2D eigenvalue weighted by Gasteiger charge is -2.14. The van der Waals surface area contributed by atoms with Crippen LogP contribution >= 0.6 is 0 Å². The lowest BCUT2D eigenvalue weighted by Crippen LogP contribution is -1.99. The van der Waals surface area contributed by atoms with Gasteiger partial charge in [-0.3, -0.25) is 0 Å². The molecule has 0 unspecified atom stereocenters. The molecule has 7 heteroatoms. The van der Waals surface area contributed by atoms with Crippen molar-refractivity contribution < 1.29 is 28.6 Å². The van der Waals surface area contributed by atoms with Crippen molar-refractivity contribution in [1.82, 2.24) is 5.16 Å². The van der Waals surface area contributed by atoms with Gasteiger partial charge in [-0.25, -0.2) is 4.79 Å². The Morgan fingerprint density at radius 2 is 2.05 bits per heavy atom. The Bertz CT molecular complexity index is 649. The van der Waals surface area contributed by atoms with Gasteiger partial charge in [-0.1, -0.05) is 11.2 Å². The Labute approximate surface area is 121 Å². The first-order valence-electron chi connectivity index (χ1n) is 6.05. The summed E-state index contributed by atoms with van der Waals surface area (Å²) in [6.45, 7) is 0.304. The van der Waals surface area contributed by atoms with Gasteiger partial charge in [0.25, 0.3) is 0 Å². The van der Waals surface area contributed by atoms with E-state index in [4.69, 9.17) is 23.8 Å². The van der Waals surface area contributed by atoms with Gasteiger partial charge >= 0.3 is 5.97 Å². The Kier molecular flexibility index (Phi) is 4.44. The van der Waals surface area contributed by atoms with Gasteiger partial charge < -0.3 is 23.8 Å². The van der Waals surface area contributed by atoms with Crippen molar-refractivity contribution >= 4 is 5.97 Å². The van der Waals surface area contributed by atoms with Crippen molar-refractivity contribution in [2.45, 2.75) is 6.61 Å². The molecule has 0 aliphatic rings. The van der Waals surface area contributed by atoms with E-state index in [0.29, 0.717) is 23.7 Å². The van der Waals surface area contributed by atoms with Gasteiger partial charge in [0, 0.05) is 13.2 Å². The number of ether oxygens (including phenoxy) is 3. The van der Waals surface area contributed by atoms with Gasteiger partial charge in [-0.2, -0.15) is 0 Å². The Hall–Kier alpha value is -2.54. The number of hydrogen-bond donors (Lipinski definition) is 1. The molecule has 0 atom stereocenters. The Morgan fingerprint density at radius 1 is 1.29 bits per heavy atom. The van der Waals surface area contributed by atoms with Crippen LogP contribution in [0.4, 0.5) is 0 Å². The summed E-state index contributed by atoms with van der Waals surface area (Å²) in [6, 6.07) is 4.87. The molecule has 1 heterocycles. The molecule has 1 aromatic carbocycles. The molecule has 0 spiro atoms. The molecular formula is C14H15NO6. The largest absolute Gasteiger partial charge is 0.493 e. The minimum Gasteiger partial charge on any atom is -0.493 e. The molecule has 2 rings (SSSR count). The quantitative estimate of drug-likeness (QED) is 0.872. The van der Waals surface area contributed by atoms with Crippen molar-refractivity contribution in [3.8, 4) is 22.8 Å². The number of carboxylic acids is 1. The highest BCUT2D eigenvalue weighted by Gasteiger charge is 2.22. The fraction of sp³-hybridized carbons (Fsp3) is 0.286. The van der Waals surface area contributed by atoms with E-state index >= 15 is 0 Å². The topological polar surface area (TPSA) is 91.0 Å². The molecule has 7 nitrogen and oxygen atoms in total. The highest BCUT2D eigenvalue weighted by atomic mass is 16.5. The zero-order chi connectivity index (χ0) is 15.4. The maximum absolute atomic E-state index is 10.9. The second kappa shape index (κ2) is 6.27. The summed E-state index contributed by atoms with van der Waals surface area (Å²) in [5, 5.41) is 12.5. The smallest absolute Gasteiger partial charge is 0.358 e. The third kappa shape index (κ3) is 2.82. The second-order valence-electron chi connectivity index (χ2n) is 4.15. The molecule has 2 aromatic rings. The zero-order valence-electron chi connectivity index (χ0n) is 11.9. The van der Waals surface area contributed by atoms with Gasteiger partial charge in [-0.05, 0) is 11.6 Å². The third-order valence-electron chi connectivity index (χ3n) is 2.91. The van der Waals surface area contributed by atoms with E-state index in [-0.39, 0.29) is 11.5 Å². The average molecular weight is 293 g/mol. The predicted molar refractivity (Wildman–Crippen MR) is 72.7 cm³/mol. The summed E-state index contributed by atoms with van der Waals surface area (Å²) < 4.78 is 20.9. The summed E-state index contributed by atoms with van der Waals surface area (Å²) in [7, 11) is 4.57. The van der Waals surface area contributed by atoms with E-state index in [0.717, 1.165) is 5.56 Å². The number of carboxylic acid groups (broad SMARTS) is 1. The number of methoxy groups -OCH3 is 3. The summed E-state index contributed by atoms with van der Waals surface area (Å²) >= 11 is 0. The normalized spacial score (nSPS) is 10.4. The highest BCUT2D eigenvalue weighted by molar-refractivity contribution is 5.87. The van der Waals surface area contributed by atoms with E-state index in [2.05, 4.69) is 5.16 Å². The van der Waals surface area contributed by atoms with Gasteiger partial charge in [0.1, 0.15) is 0 Å². The highest BCUT2D eigenvalue weighted by Crippen LogP contribution is 2.41. The van der Waals surface area contributed by atoms with Gasteiger partial charge in [0.05, 0.1) is 26.4 Å². The van der Waals surface area contributed by atoms with Crippen molar-refractivity contribution in [2.75, 3.05) is 21.3 Å². The maximum Gasteiger partial charge on any atom is 0.358 e. The standard InChI is InChI=1S/C14H15NO6/c1-18-7-8-4-5-10(19-2)13(20-3)12(8)11-6-9(14(16)17)15-21-11/h4-6H,7H2,1-3H3,(H,16,17). The van der Waals surface area contributed by atoms with Gasteiger partial charge in [-0.15, -0.1) is 0 Å². The number of nitrogens with zero attached hydrogens (tertiary/aromatic N) is 1. The molecule has 1 N–H and O–H groups in total. The zero-order valence-corrected chi connectivity index (χ0v) is 11.9. The molecule has 21 heavy (non-hydrogen) atoms. The van der Waals surface area contributed by atoms with Crippen LogP contribution in [0.2, 0.25) is 0 Å². The fourth-order valence-corrected chi connectivity index (χ4v) is 2.01. The lowest BCUT2D eigenvalue weighted by molar-refractivity contribution is 0.0686. The number of benzene rings is 1. The van der Waals surface area contributed by atoms with E-state index in [9.17, 15) is 4.79 Å². The molecule has 0 fully saturated rings. The number of aromatic nitrogens is 1. The molecule has 0 saturated heterocycles. The van der Waals surface area contributed by atoms with Crippen LogP contribution in [0, 0.1) is 0 Å². The molecule has 0 bridgehead atoms. The van der Waals surface area contributed by atoms with E-state index in [1.165, 1.54) is 20.3 Å². The average Bonchev–Trinajstić information content (AvgIpc) is 2.96. The molecule has 0 amide bonds. The first-order chi connectivity index (χ1) is 10.1. The van der Waals surface area contributed by atoms with Crippen LogP contribution in [0.1, 0.15) is 16.1 Å². The van der Waals surface area contributed by atoms with Crippen molar-refractivity contribution in [1.29, 1.82) is 0 Å². The number of aromatic carboxylic acids is 1. The van der Waals surface area contributed by atoms with E-state index < -0.39 is 5.97 Å². The van der Waals surface area contributed by atoms with Crippen LogP contribution in [-0.2, 0) is 11.3 Å². The molecule has 0 aliphatic heterocycles. The van der Waals surface area contributed by atoms with Crippen molar-refractivity contribution in [3.05, 3.63) is 29.5 Å². The SMILES string of the molecule is COCc1ccc(OC)c(OC)c1-c1cc(C(=O)O)no1. The first kappa shape index (κ1) is 14.9. The summed E-state index contributed by atoms with van der Waals surface area (Å²) in [5.74, 6) is 0.0381. The lowest BCUT2D eigenvalue weighted by atomic mass is 10.0.